The van der Waals surface area contributed by atoms with Crippen molar-refractivity contribution in [3.63, 3.8) is 0 Å². The van der Waals surface area contributed by atoms with Crippen LogP contribution in [0.3, 0.4) is 0 Å². The lowest BCUT2D eigenvalue weighted by molar-refractivity contribution is -0.608. The monoisotopic (exact) mass is 342 g/mol. The molecule has 2 aromatic rings. The molecule has 0 aliphatic carbocycles. The normalized spacial score (nSPS) is 11.8. The molecular weight excluding hydrogens is 320 g/mol. The van der Waals surface area contributed by atoms with E-state index in [2.05, 4.69) is 19.2 Å². The van der Waals surface area contributed by atoms with Crippen molar-refractivity contribution in [3.05, 3.63) is 71.2 Å². The van der Waals surface area contributed by atoms with Crippen molar-refractivity contribution >= 4 is 11.9 Å². The van der Waals surface area contributed by atoms with Crippen molar-refractivity contribution in [3.8, 4) is 0 Å². The third-order valence-electron chi connectivity index (χ3n) is 3.61. The van der Waals surface area contributed by atoms with E-state index in [4.69, 9.17) is 4.74 Å². The fraction of sp³-hybridized carbons (Fsp3) is 0.316. The molecule has 1 aromatic carbocycles. The Kier molecular flexibility index (Phi) is 6.51. The Morgan fingerprint density at radius 1 is 1.12 bits per heavy atom. The minimum absolute atomic E-state index is 0.155. The number of nitrogens with one attached hydrogen (secondary N) is 1. The second-order valence-electron chi connectivity index (χ2n) is 6.15. The van der Waals surface area contributed by atoms with Gasteiger partial charge in [-0.15, -0.1) is 0 Å². The van der Waals surface area contributed by atoms with Crippen molar-refractivity contribution in [2.75, 3.05) is 6.61 Å². The summed E-state index contributed by atoms with van der Waals surface area (Å²) in [5.41, 5.74) is 0.841. The van der Waals surface area contributed by atoms with E-state index in [9.17, 15) is 14.8 Å². The van der Waals surface area contributed by atoms with Crippen LogP contribution in [0.1, 0.15) is 42.4 Å². The molecule has 0 saturated carbocycles. The van der Waals surface area contributed by atoms with Crippen LogP contribution in [0.5, 0.6) is 0 Å². The second kappa shape index (κ2) is 8.82. The number of carbonyl (C=O) groups is 2. The number of benzene rings is 1. The molecular formula is C19H22N2O4. The lowest BCUT2D eigenvalue weighted by atomic mass is 9.97. The summed E-state index contributed by atoms with van der Waals surface area (Å²) in [7, 11) is 0. The highest BCUT2D eigenvalue weighted by Gasteiger charge is 2.20. The Hall–Kier alpha value is -2.89. The zero-order valence-electron chi connectivity index (χ0n) is 14.3. The van der Waals surface area contributed by atoms with Crippen molar-refractivity contribution < 1.29 is 19.1 Å². The highest BCUT2D eigenvalue weighted by Crippen LogP contribution is 2.20. The van der Waals surface area contributed by atoms with Crippen molar-refractivity contribution in [1.29, 1.82) is 0 Å². The SMILES string of the molecule is CC(C)C[C@@H](NC(=O)COC(=O)c1cccc[n+]1[O-])c1ccccc1. The molecule has 0 bridgehead atoms. The molecule has 1 heterocycles. The van der Waals surface area contributed by atoms with Gasteiger partial charge in [-0.2, -0.15) is 4.73 Å². The molecule has 1 atom stereocenters. The van der Waals surface area contributed by atoms with E-state index >= 15 is 0 Å². The highest BCUT2D eigenvalue weighted by atomic mass is 16.5. The topological polar surface area (TPSA) is 82.3 Å². The van der Waals surface area contributed by atoms with Crippen LogP contribution in [0.15, 0.2) is 54.7 Å². The van der Waals surface area contributed by atoms with Gasteiger partial charge in [0.2, 0.25) is 0 Å². The maximum Gasteiger partial charge on any atom is 0.405 e. The molecule has 0 spiro atoms. The van der Waals surface area contributed by atoms with Gasteiger partial charge in [0.15, 0.2) is 12.8 Å². The molecule has 1 amide bonds. The van der Waals surface area contributed by atoms with Gasteiger partial charge < -0.3 is 15.3 Å². The lowest BCUT2D eigenvalue weighted by Crippen LogP contribution is -2.37. The van der Waals surface area contributed by atoms with Gasteiger partial charge in [-0.25, -0.2) is 4.79 Å². The number of hydrogen-bond acceptors (Lipinski definition) is 4. The van der Waals surface area contributed by atoms with Gasteiger partial charge in [-0.3, -0.25) is 4.79 Å². The smallest absolute Gasteiger partial charge is 0.405 e. The molecule has 0 aliphatic heterocycles. The Labute approximate surface area is 147 Å². The summed E-state index contributed by atoms with van der Waals surface area (Å²) in [6, 6.07) is 13.9. The molecule has 0 unspecified atom stereocenters. The van der Waals surface area contributed by atoms with Gasteiger partial charge in [-0.1, -0.05) is 44.2 Å². The largest absolute Gasteiger partial charge is 0.618 e. The van der Waals surface area contributed by atoms with Gasteiger partial charge in [0.05, 0.1) is 6.04 Å². The van der Waals surface area contributed by atoms with E-state index in [1.165, 1.54) is 18.3 Å². The van der Waals surface area contributed by atoms with E-state index in [-0.39, 0.29) is 11.7 Å². The summed E-state index contributed by atoms with van der Waals surface area (Å²) in [4.78, 5) is 24.0. The molecule has 25 heavy (non-hydrogen) atoms. The zero-order valence-corrected chi connectivity index (χ0v) is 14.3. The Morgan fingerprint density at radius 3 is 2.44 bits per heavy atom. The van der Waals surface area contributed by atoms with E-state index in [1.807, 2.05) is 30.3 Å². The van der Waals surface area contributed by atoms with Crippen LogP contribution in [0.25, 0.3) is 0 Å². The third-order valence-corrected chi connectivity index (χ3v) is 3.61. The van der Waals surface area contributed by atoms with Crippen molar-refractivity contribution in [2.24, 2.45) is 5.92 Å². The van der Waals surface area contributed by atoms with Crippen molar-refractivity contribution in [1.82, 2.24) is 5.32 Å². The maximum atomic E-state index is 12.2. The lowest BCUT2D eigenvalue weighted by Gasteiger charge is -2.21. The quantitative estimate of drug-likeness (QED) is 0.476. The number of esters is 1. The molecule has 2 rings (SSSR count). The summed E-state index contributed by atoms with van der Waals surface area (Å²) < 4.78 is 5.35. The van der Waals surface area contributed by atoms with Gasteiger partial charge in [0.1, 0.15) is 0 Å². The Morgan fingerprint density at radius 2 is 1.80 bits per heavy atom. The van der Waals surface area contributed by atoms with Crippen LogP contribution < -0.4 is 10.0 Å². The first-order chi connectivity index (χ1) is 12.0. The minimum atomic E-state index is -0.828. The number of rotatable bonds is 7. The van der Waals surface area contributed by atoms with Crippen LogP contribution in [-0.4, -0.2) is 18.5 Å². The van der Waals surface area contributed by atoms with Gasteiger partial charge in [0, 0.05) is 12.1 Å². The first-order valence-corrected chi connectivity index (χ1v) is 8.17. The first-order valence-electron chi connectivity index (χ1n) is 8.17. The van der Waals surface area contributed by atoms with Crippen molar-refractivity contribution in [2.45, 2.75) is 26.3 Å². The van der Waals surface area contributed by atoms with Crippen LogP contribution in [-0.2, 0) is 9.53 Å². The average Bonchev–Trinajstić information content (AvgIpc) is 2.60. The maximum absolute atomic E-state index is 12.2. The Balaban J connectivity index is 1.95. The number of pyridine rings is 1. The molecule has 1 N–H and O–H groups in total. The predicted octanol–water partition coefficient (Wildman–Crippen LogP) is 2.38. The summed E-state index contributed by atoms with van der Waals surface area (Å²) in [6.45, 7) is 3.71. The van der Waals surface area contributed by atoms with E-state index in [0.29, 0.717) is 10.6 Å². The van der Waals surface area contributed by atoms with Gasteiger partial charge >= 0.3 is 11.7 Å². The first kappa shape index (κ1) is 18.4. The van der Waals surface area contributed by atoms with Gasteiger partial charge in [-0.05, 0) is 24.0 Å². The third kappa shape index (κ3) is 5.60. The Bertz CT molecular complexity index is 716. The summed E-state index contributed by atoms with van der Waals surface area (Å²) in [5, 5.41) is 14.4. The number of hydrogen-bond donors (Lipinski definition) is 1. The van der Waals surface area contributed by atoms with E-state index < -0.39 is 18.5 Å². The number of amides is 1. The molecule has 132 valence electrons. The number of ether oxygens (including phenoxy) is 1. The fourth-order valence-corrected chi connectivity index (χ4v) is 2.46. The number of carbonyl (C=O) groups excluding carboxylic acids is 2. The average molecular weight is 342 g/mol. The summed E-state index contributed by atoms with van der Waals surface area (Å²) in [6.07, 6.45) is 1.97. The molecule has 0 saturated heterocycles. The predicted molar refractivity (Wildman–Crippen MR) is 92.5 cm³/mol. The number of aromatic nitrogens is 1. The highest BCUT2D eigenvalue weighted by molar-refractivity contribution is 5.88. The van der Waals surface area contributed by atoms with Crippen LogP contribution in [0.2, 0.25) is 0 Å². The van der Waals surface area contributed by atoms with Crippen LogP contribution >= 0.6 is 0 Å². The minimum Gasteiger partial charge on any atom is -0.618 e. The summed E-state index contributed by atoms with van der Waals surface area (Å²) >= 11 is 0. The second-order valence-corrected chi connectivity index (χ2v) is 6.15. The molecule has 6 heteroatoms. The van der Waals surface area contributed by atoms with E-state index in [0.717, 1.165) is 12.0 Å². The number of nitrogens with zero attached hydrogens (tertiary/aromatic N) is 1. The van der Waals surface area contributed by atoms with E-state index in [1.54, 1.807) is 6.07 Å². The standard InChI is InChI=1S/C19H22N2O4/c1-14(2)12-16(15-8-4-3-5-9-15)20-18(22)13-25-19(23)17-10-6-7-11-21(17)24/h3-11,14,16H,12-13H2,1-2H3,(H,20,22)/t16-/m1/s1. The fourth-order valence-electron chi connectivity index (χ4n) is 2.46. The van der Waals surface area contributed by atoms with Gasteiger partial charge in [0.25, 0.3) is 5.91 Å². The van der Waals surface area contributed by atoms with Crippen LogP contribution in [0, 0.1) is 11.1 Å². The molecule has 0 fully saturated rings. The van der Waals surface area contributed by atoms with Crippen LogP contribution in [0.4, 0.5) is 0 Å². The molecule has 6 nitrogen and oxygen atoms in total. The summed E-state index contributed by atoms with van der Waals surface area (Å²) in [5.74, 6) is -0.848. The molecule has 0 radical (unpaired) electrons. The molecule has 0 aliphatic rings. The zero-order chi connectivity index (χ0) is 18.2. The molecule has 1 aromatic heterocycles.